The van der Waals surface area contributed by atoms with Crippen molar-refractivity contribution in [2.45, 2.75) is 33.2 Å². The van der Waals surface area contributed by atoms with Gasteiger partial charge >= 0.3 is 12.2 Å². The van der Waals surface area contributed by atoms with Gasteiger partial charge in [-0.05, 0) is 25.5 Å². The van der Waals surface area contributed by atoms with E-state index in [0.29, 0.717) is 24.4 Å². The molecule has 4 aromatic rings. The predicted molar refractivity (Wildman–Crippen MR) is 107 cm³/mol. The van der Waals surface area contributed by atoms with E-state index >= 15 is 0 Å². The van der Waals surface area contributed by atoms with Gasteiger partial charge in [0.05, 0.1) is 18.8 Å². The molecule has 0 atom stereocenters. The van der Waals surface area contributed by atoms with Crippen molar-refractivity contribution in [2.24, 2.45) is 0 Å². The number of hydrogen-bond acceptors (Lipinski definition) is 8. The first-order chi connectivity index (χ1) is 15.1. The first kappa shape index (κ1) is 20.4. The molecule has 0 amide bonds. The number of halogens is 1. The van der Waals surface area contributed by atoms with Crippen molar-refractivity contribution in [1.29, 1.82) is 0 Å². The second kappa shape index (κ2) is 8.86. The molecule has 0 bridgehead atoms. The van der Waals surface area contributed by atoms with Gasteiger partial charge in [-0.1, -0.05) is 13.3 Å². The summed E-state index contributed by atoms with van der Waals surface area (Å²) in [5.41, 5.74) is 2.26. The van der Waals surface area contributed by atoms with E-state index in [-0.39, 0.29) is 18.3 Å². The Kier molecular flexibility index (Phi) is 5.83. The first-order valence-corrected chi connectivity index (χ1v) is 9.80. The molecule has 0 fully saturated rings. The molecule has 0 aliphatic heterocycles. The molecule has 0 aliphatic rings. The lowest BCUT2D eigenvalue weighted by molar-refractivity contribution is 0.101. The summed E-state index contributed by atoms with van der Waals surface area (Å²) in [6.07, 6.45) is 6.98. The molecule has 31 heavy (non-hydrogen) atoms. The number of imidazole rings is 1. The van der Waals surface area contributed by atoms with Gasteiger partial charge in [-0.15, -0.1) is 5.10 Å². The van der Waals surface area contributed by atoms with Crippen LogP contribution < -0.4 is 4.74 Å². The number of nitrogens with zero attached hydrogens (tertiary/aromatic N) is 7. The van der Waals surface area contributed by atoms with E-state index < -0.39 is 12.0 Å². The third kappa shape index (κ3) is 4.20. The largest absolute Gasteiger partial charge is 0.516 e. The molecule has 0 saturated heterocycles. The zero-order valence-corrected chi connectivity index (χ0v) is 17.0. The Hall–Kier alpha value is -3.89. The quantitative estimate of drug-likeness (QED) is 0.416. The third-order valence-electron chi connectivity index (χ3n) is 4.50. The fraction of sp³-hybridized carbons (Fsp3) is 0.300. The summed E-state index contributed by atoms with van der Waals surface area (Å²) in [7, 11) is 0. The van der Waals surface area contributed by atoms with Crippen LogP contribution in [0.1, 0.15) is 31.5 Å². The van der Waals surface area contributed by atoms with Gasteiger partial charge in [0.2, 0.25) is 0 Å². The van der Waals surface area contributed by atoms with Crippen molar-refractivity contribution in [2.75, 3.05) is 6.61 Å². The highest BCUT2D eigenvalue weighted by Crippen LogP contribution is 2.22. The SMILES string of the molecule is CCCc1c(Cn2ccnc2-c2ncccc2F)ncn2nc(OC(=O)OCC)nc12. The summed E-state index contributed by atoms with van der Waals surface area (Å²) in [4.78, 5) is 28.8. The summed E-state index contributed by atoms with van der Waals surface area (Å²) in [6.45, 7) is 4.22. The van der Waals surface area contributed by atoms with E-state index in [9.17, 15) is 9.18 Å². The molecule has 4 heterocycles. The Bertz CT molecular complexity index is 1220. The van der Waals surface area contributed by atoms with E-state index in [1.165, 1.54) is 29.2 Å². The number of aromatic nitrogens is 7. The van der Waals surface area contributed by atoms with Crippen LogP contribution in [0.4, 0.5) is 9.18 Å². The molecular formula is C20H20FN7O3. The van der Waals surface area contributed by atoms with Crippen LogP contribution in [-0.4, -0.2) is 46.9 Å². The number of pyridine rings is 1. The lowest BCUT2D eigenvalue weighted by Gasteiger charge is -2.11. The van der Waals surface area contributed by atoms with E-state index in [1.807, 2.05) is 6.92 Å². The molecule has 160 valence electrons. The maximum absolute atomic E-state index is 14.2. The van der Waals surface area contributed by atoms with E-state index in [4.69, 9.17) is 9.47 Å². The molecule has 0 saturated carbocycles. The molecule has 0 unspecified atom stereocenters. The Morgan fingerprint density at radius 1 is 1.19 bits per heavy atom. The summed E-state index contributed by atoms with van der Waals surface area (Å²) in [5, 5.41) is 4.13. The molecule has 0 spiro atoms. The highest BCUT2D eigenvalue weighted by atomic mass is 19.1. The number of carbonyl (C=O) groups is 1. The summed E-state index contributed by atoms with van der Waals surface area (Å²) < 4.78 is 27.2. The minimum absolute atomic E-state index is 0.117. The highest BCUT2D eigenvalue weighted by Gasteiger charge is 2.19. The van der Waals surface area contributed by atoms with Crippen molar-refractivity contribution in [3.8, 4) is 17.5 Å². The maximum atomic E-state index is 14.2. The second-order valence-corrected chi connectivity index (χ2v) is 6.58. The molecule has 0 radical (unpaired) electrons. The lowest BCUT2D eigenvalue weighted by Crippen LogP contribution is -2.10. The first-order valence-electron chi connectivity index (χ1n) is 9.80. The number of carbonyl (C=O) groups excluding carboxylic acids is 1. The highest BCUT2D eigenvalue weighted by molar-refractivity contribution is 5.63. The number of fused-ring (bicyclic) bond motifs is 1. The van der Waals surface area contributed by atoms with Gasteiger partial charge in [0.1, 0.15) is 12.0 Å². The Labute approximate surface area is 176 Å². The van der Waals surface area contributed by atoms with Crippen molar-refractivity contribution < 1.29 is 18.7 Å². The van der Waals surface area contributed by atoms with Gasteiger partial charge in [-0.25, -0.2) is 24.1 Å². The van der Waals surface area contributed by atoms with E-state index in [2.05, 4.69) is 25.0 Å². The van der Waals surface area contributed by atoms with E-state index in [1.54, 1.807) is 23.9 Å². The Morgan fingerprint density at radius 2 is 2.06 bits per heavy atom. The smallest absolute Gasteiger partial charge is 0.434 e. The van der Waals surface area contributed by atoms with Crippen molar-refractivity contribution in [1.82, 2.24) is 34.1 Å². The standard InChI is InChI=1S/C20H20FN7O3/c1-3-6-13-15(11-27-10-9-23-18(27)16-14(21)7-5-8-22-16)24-12-28-17(13)25-19(26-28)31-20(29)30-4-2/h5,7-10,12H,3-4,6,11H2,1-2H3. The Morgan fingerprint density at radius 3 is 2.84 bits per heavy atom. The number of ether oxygens (including phenoxy) is 2. The second-order valence-electron chi connectivity index (χ2n) is 6.58. The maximum Gasteiger partial charge on any atom is 0.516 e. The van der Waals surface area contributed by atoms with Gasteiger partial charge in [-0.2, -0.15) is 9.50 Å². The zero-order chi connectivity index (χ0) is 21.8. The molecule has 0 aliphatic carbocycles. The van der Waals surface area contributed by atoms with Gasteiger partial charge in [0, 0.05) is 24.2 Å². The lowest BCUT2D eigenvalue weighted by atomic mass is 10.1. The summed E-state index contributed by atoms with van der Waals surface area (Å²) in [5.74, 6) is -0.0552. The van der Waals surface area contributed by atoms with Crippen LogP contribution in [0.5, 0.6) is 6.01 Å². The predicted octanol–water partition coefficient (Wildman–Crippen LogP) is 3.06. The minimum atomic E-state index is -0.871. The van der Waals surface area contributed by atoms with Crippen LogP contribution in [-0.2, 0) is 17.7 Å². The minimum Gasteiger partial charge on any atom is -0.434 e. The Balaban J connectivity index is 1.70. The summed E-state index contributed by atoms with van der Waals surface area (Å²) >= 11 is 0. The average molecular weight is 425 g/mol. The molecule has 4 aromatic heterocycles. The molecule has 4 rings (SSSR count). The molecule has 11 heteroatoms. The monoisotopic (exact) mass is 425 g/mol. The number of hydrogen-bond donors (Lipinski definition) is 0. The summed E-state index contributed by atoms with van der Waals surface area (Å²) in [6, 6.07) is 2.76. The molecule has 0 N–H and O–H groups in total. The molecular weight excluding hydrogens is 405 g/mol. The fourth-order valence-corrected chi connectivity index (χ4v) is 3.19. The van der Waals surface area contributed by atoms with Gasteiger partial charge < -0.3 is 14.0 Å². The van der Waals surface area contributed by atoms with Crippen molar-refractivity contribution in [3.63, 3.8) is 0 Å². The van der Waals surface area contributed by atoms with Gasteiger partial charge in [0.15, 0.2) is 17.3 Å². The zero-order valence-electron chi connectivity index (χ0n) is 17.0. The van der Waals surface area contributed by atoms with Gasteiger partial charge in [-0.3, -0.25) is 0 Å². The van der Waals surface area contributed by atoms with Crippen LogP contribution in [0, 0.1) is 5.82 Å². The van der Waals surface area contributed by atoms with Crippen LogP contribution in [0.2, 0.25) is 0 Å². The molecule has 0 aromatic carbocycles. The molecule has 10 nitrogen and oxygen atoms in total. The number of aryl methyl sites for hydroxylation is 1. The van der Waals surface area contributed by atoms with E-state index in [0.717, 1.165) is 17.7 Å². The van der Waals surface area contributed by atoms with Crippen LogP contribution in [0.15, 0.2) is 37.1 Å². The third-order valence-corrected chi connectivity index (χ3v) is 4.50. The van der Waals surface area contributed by atoms with Gasteiger partial charge in [0.25, 0.3) is 0 Å². The number of rotatable bonds is 7. The van der Waals surface area contributed by atoms with Crippen LogP contribution in [0.25, 0.3) is 17.2 Å². The van der Waals surface area contributed by atoms with Crippen LogP contribution in [0.3, 0.4) is 0 Å². The van der Waals surface area contributed by atoms with Crippen LogP contribution >= 0.6 is 0 Å². The fourth-order valence-electron chi connectivity index (χ4n) is 3.19. The van der Waals surface area contributed by atoms with Crippen molar-refractivity contribution in [3.05, 3.63) is 54.1 Å². The topological polar surface area (TPSA) is 109 Å². The normalized spacial score (nSPS) is 11.1. The van der Waals surface area contributed by atoms with Crippen molar-refractivity contribution >= 4 is 11.8 Å². The average Bonchev–Trinajstić information content (AvgIpc) is 3.37.